The number of carbonyl (C=O) groups excluding carboxylic acids is 1. The Kier molecular flexibility index (Phi) is 4.85. The molecule has 0 aliphatic heterocycles. The van der Waals surface area contributed by atoms with E-state index in [0.29, 0.717) is 16.5 Å². The molecule has 3 heterocycles. The van der Waals surface area contributed by atoms with Gasteiger partial charge >= 0.3 is 5.97 Å². The zero-order valence-electron chi connectivity index (χ0n) is 16.1. The number of hydrogen-bond donors (Lipinski definition) is 0. The first-order chi connectivity index (χ1) is 15.2. The number of ether oxygens (including phenoxy) is 1. The predicted molar refractivity (Wildman–Crippen MR) is 115 cm³/mol. The number of carbonyl (C=O) groups is 1. The normalized spacial score (nSPS) is 11.0. The molecule has 0 saturated carbocycles. The molecule has 3 aromatic heterocycles. The average molecular weight is 429 g/mol. The number of rotatable bonds is 5. The van der Waals surface area contributed by atoms with Crippen molar-refractivity contribution in [2.75, 3.05) is 0 Å². The lowest BCUT2D eigenvalue weighted by Gasteiger charge is -2.05. The van der Waals surface area contributed by atoms with Crippen molar-refractivity contribution in [2.24, 2.45) is 0 Å². The van der Waals surface area contributed by atoms with Gasteiger partial charge in [0.2, 0.25) is 0 Å². The molecule has 0 radical (unpaired) electrons. The van der Waals surface area contributed by atoms with Crippen molar-refractivity contribution >= 4 is 22.3 Å². The fourth-order valence-corrected chi connectivity index (χ4v) is 3.83. The van der Waals surface area contributed by atoms with Crippen LogP contribution in [0.1, 0.15) is 16.3 Å². The summed E-state index contributed by atoms with van der Waals surface area (Å²) in [5.74, 6) is -0.244. The van der Waals surface area contributed by atoms with Crippen LogP contribution in [0.2, 0.25) is 0 Å². The number of nitrogens with zero attached hydrogens (tertiary/aromatic N) is 5. The van der Waals surface area contributed by atoms with Crippen molar-refractivity contribution in [1.82, 2.24) is 24.1 Å². The fourth-order valence-electron chi connectivity index (χ4n) is 3.09. The third kappa shape index (κ3) is 3.74. The van der Waals surface area contributed by atoms with Crippen LogP contribution in [0.5, 0.6) is 0 Å². The van der Waals surface area contributed by atoms with Gasteiger partial charge in [-0.3, -0.25) is 9.20 Å². The van der Waals surface area contributed by atoms with Gasteiger partial charge in [0.1, 0.15) is 6.61 Å². The summed E-state index contributed by atoms with van der Waals surface area (Å²) in [5, 5.41) is 6.14. The van der Waals surface area contributed by atoms with Gasteiger partial charge in [0.05, 0.1) is 11.4 Å². The summed E-state index contributed by atoms with van der Waals surface area (Å²) in [7, 11) is 0. The average Bonchev–Trinajstić information content (AvgIpc) is 3.46. The van der Waals surface area contributed by atoms with Crippen LogP contribution in [0.25, 0.3) is 22.0 Å². The van der Waals surface area contributed by atoms with E-state index in [1.54, 1.807) is 16.3 Å². The van der Waals surface area contributed by atoms with Crippen molar-refractivity contribution in [3.8, 4) is 17.1 Å². The summed E-state index contributed by atoms with van der Waals surface area (Å²) in [4.78, 5) is 34.1. The molecule has 0 unspecified atom stereocenters. The monoisotopic (exact) mass is 429 g/mol. The highest BCUT2D eigenvalue weighted by Crippen LogP contribution is 2.21. The van der Waals surface area contributed by atoms with Crippen molar-refractivity contribution < 1.29 is 9.53 Å². The van der Waals surface area contributed by atoms with Gasteiger partial charge in [0.25, 0.3) is 11.4 Å². The Morgan fingerprint density at radius 2 is 1.74 bits per heavy atom. The lowest BCUT2D eigenvalue weighted by atomic mass is 10.2. The summed E-state index contributed by atoms with van der Waals surface area (Å²) in [6.07, 6.45) is 1.65. The number of para-hydroxylation sites is 1. The molecule has 0 spiro atoms. The van der Waals surface area contributed by atoms with E-state index in [1.807, 2.05) is 60.7 Å². The van der Waals surface area contributed by atoms with Gasteiger partial charge in [-0.2, -0.15) is 0 Å². The molecule has 5 rings (SSSR count). The molecule has 0 amide bonds. The minimum atomic E-state index is -0.694. The molecule has 152 valence electrons. The molecule has 0 atom stereocenters. The molecule has 0 aliphatic carbocycles. The maximum Gasteiger partial charge on any atom is 0.378 e. The highest BCUT2D eigenvalue weighted by Gasteiger charge is 2.20. The van der Waals surface area contributed by atoms with Crippen molar-refractivity contribution in [3.05, 3.63) is 100 Å². The van der Waals surface area contributed by atoms with Crippen LogP contribution in [0.15, 0.2) is 83.1 Å². The van der Waals surface area contributed by atoms with Gasteiger partial charge in [-0.05, 0) is 12.1 Å². The number of aromatic nitrogens is 5. The molecule has 0 saturated heterocycles. The number of thiazole rings is 1. The van der Waals surface area contributed by atoms with E-state index < -0.39 is 5.97 Å². The molecule has 0 fully saturated rings. The molecular weight excluding hydrogens is 414 g/mol. The first-order valence-corrected chi connectivity index (χ1v) is 10.3. The first kappa shape index (κ1) is 18.9. The summed E-state index contributed by atoms with van der Waals surface area (Å²) in [6, 6.07) is 20.2. The van der Waals surface area contributed by atoms with E-state index in [1.165, 1.54) is 21.8 Å². The highest BCUT2D eigenvalue weighted by molar-refractivity contribution is 7.15. The molecule has 0 N–H and O–H groups in total. The lowest BCUT2D eigenvalue weighted by molar-refractivity contribution is 0.0453. The van der Waals surface area contributed by atoms with Gasteiger partial charge < -0.3 is 4.74 Å². The maximum atomic E-state index is 12.7. The quantitative estimate of drug-likeness (QED) is 0.398. The van der Waals surface area contributed by atoms with Gasteiger partial charge in [0.15, 0.2) is 10.8 Å². The second-order valence-corrected chi connectivity index (χ2v) is 7.46. The number of esters is 1. The van der Waals surface area contributed by atoms with Gasteiger partial charge in [0, 0.05) is 23.2 Å². The molecule has 5 aromatic rings. The smallest absolute Gasteiger partial charge is 0.378 e. The second-order valence-electron chi connectivity index (χ2n) is 6.59. The zero-order chi connectivity index (χ0) is 21.2. The lowest BCUT2D eigenvalue weighted by Crippen LogP contribution is -2.15. The molecule has 8 nitrogen and oxygen atoms in total. The van der Waals surface area contributed by atoms with Crippen LogP contribution < -0.4 is 5.56 Å². The second kappa shape index (κ2) is 7.96. The predicted octanol–water partition coefficient (Wildman–Crippen LogP) is 3.36. The largest absolute Gasteiger partial charge is 0.453 e. The van der Waals surface area contributed by atoms with E-state index in [9.17, 15) is 9.59 Å². The van der Waals surface area contributed by atoms with Crippen LogP contribution in [0.4, 0.5) is 0 Å². The Morgan fingerprint density at radius 3 is 2.52 bits per heavy atom. The van der Waals surface area contributed by atoms with Gasteiger partial charge in [-0.15, -0.1) is 16.4 Å². The summed E-state index contributed by atoms with van der Waals surface area (Å²) in [6.45, 7) is -0.150. The molecule has 31 heavy (non-hydrogen) atoms. The van der Waals surface area contributed by atoms with Crippen molar-refractivity contribution in [1.29, 1.82) is 0 Å². The summed E-state index contributed by atoms with van der Waals surface area (Å²) >= 11 is 1.33. The molecular formula is C22H15N5O3S. The van der Waals surface area contributed by atoms with E-state index in [-0.39, 0.29) is 18.0 Å². The van der Waals surface area contributed by atoms with Crippen LogP contribution in [-0.2, 0) is 11.3 Å². The molecule has 2 aromatic carbocycles. The third-order valence-electron chi connectivity index (χ3n) is 4.53. The van der Waals surface area contributed by atoms with E-state index in [0.717, 1.165) is 11.3 Å². The SMILES string of the molecule is O=C(OCc1cc(=O)n2ccsc2n1)c1nc(-c2ccccc2)n(-c2ccccc2)n1. The number of benzene rings is 2. The maximum absolute atomic E-state index is 12.7. The summed E-state index contributed by atoms with van der Waals surface area (Å²) in [5.41, 5.74) is 1.73. The van der Waals surface area contributed by atoms with Crippen molar-refractivity contribution in [3.63, 3.8) is 0 Å². The van der Waals surface area contributed by atoms with E-state index >= 15 is 0 Å². The molecule has 0 bridgehead atoms. The minimum Gasteiger partial charge on any atom is -0.453 e. The number of fused-ring (bicyclic) bond motifs is 1. The van der Waals surface area contributed by atoms with Crippen LogP contribution in [0.3, 0.4) is 0 Å². The summed E-state index contributed by atoms with van der Waals surface area (Å²) < 4.78 is 8.39. The van der Waals surface area contributed by atoms with E-state index in [4.69, 9.17) is 4.74 Å². The number of hydrogen-bond acceptors (Lipinski definition) is 7. The zero-order valence-corrected chi connectivity index (χ0v) is 16.9. The Labute approximate surface area is 180 Å². The highest BCUT2D eigenvalue weighted by atomic mass is 32.1. The topological polar surface area (TPSA) is 91.4 Å². The Morgan fingerprint density at radius 1 is 1.00 bits per heavy atom. The molecule has 0 aliphatic rings. The Hall–Kier alpha value is -4.11. The van der Waals surface area contributed by atoms with Gasteiger partial charge in [-0.1, -0.05) is 48.5 Å². The fraction of sp³-hybridized carbons (Fsp3) is 0.0455. The standard InChI is InChI=1S/C22H15N5O3S/c28-18-13-16(23-22-26(18)11-12-31-22)14-30-21(29)19-24-20(15-7-3-1-4-8-15)27(25-19)17-9-5-2-6-10-17/h1-13H,14H2. The molecule has 9 heteroatoms. The van der Waals surface area contributed by atoms with Crippen molar-refractivity contribution in [2.45, 2.75) is 6.61 Å². The van der Waals surface area contributed by atoms with Gasteiger partial charge in [-0.25, -0.2) is 19.4 Å². The Balaban J connectivity index is 1.44. The van der Waals surface area contributed by atoms with E-state index in [2.05, 4.69) is 15.1 Å². The first-order valence-electron chi connectivity index (χ1n) is 9.40. The van der Waals surface area contributed by atoms with Crippen LogP contribution >= 0.6 is 11.3 Å². The van der Waals surface area contributed by atoms with Crippen LogP contribution in [0, 0.1) is 0 Å². The van der Waals surface area contributed by atoms with Crippen LogP contribution in [-0.4, -0.2) is 30.1 Å². The third-order valence-corrected chi connectivity index (χ3v) is 5.29. The minimum absolute atomic E-state index is 0.0726. The Bertz CT molecular complexity index is 1370.